The number of fused-ring (bicyclic) bond motifs is 1. The van der Waals surface area contributed by atoms with Crippen molar-refractivity contribution in [3.63, 3.8) is 0 Å². The Labute approximate surface area is 138 Å². The predicted molar refractivity (Wildman–Crippen MR) is 89.4 cm³/mol. The van der Waals surface area contributed by atoms with Crippen molar-refractivity contribution in [3.05, 3.63) is 71.6 Å². The number of nitrogens with zero attached hydrogens (tertiary/aromatic N) is 2. The summed E-state index contributed by atoms with van der Waals surface area (Å²) in [5, 5.41) is 4.12. The Kier molecular flexibility index (Phi) is 4.47. The number of aromatic nitrogens is 1. The molecule has 0 bridgehead atoms. The molecule has 3 rings (SSSR count). The fourth-order valence-corrected chi connectivity index (χ4v) is 2.55. The molecule has 6 nitrogen and oxygen atoms in total. The van der Waals surface area contributed by atoms with E-state index in [1.54, 1.807) is 25.3 Å². The summed E-state index contributed by atoms with van der Waals surface area (Å²) < 4.78 is 5.38. The van der Waals surface area contributed by atoms with Gasteiger partial charge in [0.1, 0.15) is 12.0 Å². The van der Waals surface area contributed by atoms with Crippen LogP contribution in [-0.4, -0.2) is 30.0 Å². The molecule has 1 atom stereocenters. The number of allylic oxidation sites excluding steroid dienone is 1. The summed E-state index contributed by atoms with van der Waals surface area (Å²) in [7, 11) is 1.55. The number of hydrazone groups is 1. The first-order valence-corrected chi connectivity index (χ1v) is 7.33. The zero-order chi connectivity index (χ0) is 16.9. The molecule has 1 aliphatic carbocycles. The zero-order valence-electron chi connectivity index (χ0n) is 13.0. The molecule has 1 aromatic heterocycles. The maximum absolute atomic E-state index is 12.1. The van der Waals surface area contributed by atoms with E-state index in [4.69, 9.17) is 4.74 Å². The van der Waals surface area contributed by atoms with Gasteiger partial charge in [-0.3, -0.25) is 9.78 Å². The van der Waals surface area contributed by atoms with Crippen molar-refractivity contribution in [2.45, 2.75) is 5.92 Å². The van der Waals surface area contributed by atoms with Crippen molar-refractivity contribution in [1.82, 2.24) is 10.4 Å². The average molecular weight is 321 g/mol. The Morgan fingerprint density at radius 2 is 2.00 bits per heavy atom. The number of carbonyl (C=O) groups excluding carboxylic acids is 2. The van der Waals surface area contributed by atoms with Gasteiger partial charge in [-0.05, 0) is 17.7 Å². The molecule has 0 radical (unpaired) electrons. The van der Waals surface area contributed by atoms with Crippen molar-refractivity contribution < 1.29 is 14.3 Å². The molecule has 0 spiro atoms. The summed E-state index contributed by atoms with van der Waals surface area (Å²) in [6, 6.07) is 10.6. The summed E-state index contributed by atoms with van der Waals surface area (Å²) in [6.45, 7) is 0. The molecular weight excluding hydrogens is 306 g/mol. The summed E-state index contributed by atoms with van der Waals surface area (Å²) in [5.74, 6) is -0.334. The van der Waals surface area contributed by atoms with Gasteiger partial charge < -0.3 is 9.53 Å². The minimum Gasteiger partial charge on any atom is -0.496 e. The fourth-order valence-electron chi connectivity index (χ4n) is 2.55. The van der Waals surface area contributed by atoms with Crippen LogP contribution in [0.4, 0.5) is 0 Å². The van der Waals surface area contributed by atoms with Crippen LogP contribution in [0.1, 0.15) is 27.4 Å². The first-order valence-electron chi connectivity index (χ1n) is 7.33. The topological polar surface area (TPSA) is 80.7 Å². The maximum Gasteiger partial charge on any atom is 0.271 e. The van der Waals surface area contributed by atoms with E-state index < -0.39 is 5.92 Å². The van der Waals surface area contributed by atoms with Crippen molar-refractivity contribution >= 4 is 23.7 Å². The first-order chi connectivity index (χ1) is 11.7. The summed E-state index contributed by atoms with van der Waals surface area (Å²) in [4.78, 5) is 27.5. The number of aldehydes is 1. The van der Waals surface area contributed by atoms with E-state index in [1.165, 1.54) is 12.4 Å². The molecule has 0 saturated carbocycles. The lowest BCUT2D eigenvalue weighted by molar-refractivity contribution is -0.107. The lowest BCUT2D eigenvalue weighted by atomic mass is 9.85. The van der Waals surface area contributed by atoms with E-state index in [-0.39, 0.29) is 5.91 Å². The Hall–Kier alpha value is -3.28. The van der Waals surface area contributed by atoms with Gasteiger partial charge in [0.2, 0.25) is 0 Å². The highest BCUT2D eigenvalue weighted by Gasteiger charge is 2.27. The molecular formula is C18H15N3O3. The van der Waals surface area contributed by atoms with E-state index in [0.717, 1.165) is 17.4 Å². The van der Waals surface area contributed by atoms with Crippen LogP contribution in [0, 0.1) is 0 Å². The second-order valence-electron chi connectivity index (χ2n) is 5.13. The van der Waals surface area contributed by atoms with E-state index in [2.05, 4.69) is 15.5 Å². The second-order valence-corrected chi connectivity index (χ2v) is 5.13. The number of nitrogens with one attached hydrogen (secondary N) is 1. The molecule has 120 valence electrons. The number of amides is 1. The molecule has 1 heterocycles. The second kappa shape index (κ2) is 6.87. The van der Waals surface area contributed by atoms with Gasteiger partial charge in [-0.25, -0.2) is 5.43 Å². The minimum atomic E-state index is -0.558. The summed E-state index contributed by atoms with van der Waals surface area (Å²) >= 11 is 0. The van der Waals surface area contributed by atoms with Crippen LogP contribution in [-0.2, 0) is 9.53 Å². The number of pyridine rings is 1. The number of benzene rings is 1. The van der Waals surface area contributed by atoms with Crippen LogP contribution in [0.2, 0.25) is 0 Å². The van der Waals surface area contributed by atoms with Crippen LogP contribution in [0.15, 0.2) is 60.0 Å². The van der Waals surface area contributed by atoms with Gasteiger partial charge in [-0.2, -0.15) is 5.10 Å². The Bertz CT molecular complexity index is 828. The highest BCUT2D eigenvalue weighted by molar-refractivity contribution is 6.15. The van der Waals surface area contributed by atoms with Crippen LogP contribution >= 0.6 is 0 Å². The standard InChI is InChI=1S/C18H15N3O3/c1-24-17-10-16(15(11-22)13-4-2-3-5-14(13)17)20-21-18(23)12-6-8-19-9-7-12/h2-11,15H,1H3,(H,21,23). The highest BCUT2D eigenvalue weighted by atomic mass is 16.5. The quantitative estimate of drug-likeness (QED) is 0.691. The van der Waals surface area contributed by atoms with Crippen LogP contribution in [0.25, 0.3) is 5.76 Å². The SMILES string of the molecule is COC1=CC(=NNC(=O)c2ccncc2)C(C=O)c2ccccc21. The third kappa shape index (κ3) is 2.94. The van der Waals surface area contributed by atoms with Crippen molar-refractivity contribution in [1.29, 1.82) is 0 Å². The minimum absolute atomic E-state index is 0.374. The third-order valence-corrected chi connectivity index (χ3v) is 3.74. The molecule has 1 aliphatic rings. The lowest BCUT2D eigenvalue weighted by Crippen LogP contribution is -2.25. The highest BCUT2D eigenvalue weighted by Crippen LogP contribution is 2.32. The number of hydrogen-bond donors (Lipinski definition) is 1. The van der Waals surface area contributed by atoms with E-state index in [0.29, 0.717) is 17.0 Å². The van der Waals surface area contributed by atoms with Gasteiger partial charge in [0.25, 0.3) is 5.91 Å². The Morgan fingerprint density at radius 3 is 2.71 bits per heavy atom. The predicted octanol–water partition coefficient (Wildman–Crippen LogP) is 2.15. The maximum atomic E-state index is 12.1. The van der Waals surface area contributed by atoms with Gasteiger partial charge in [-0.1, -0.05) is 24.3 Å². The lowest BCUT2D eigenvalue weighted by Gasteiger charge is -2.22. The molecule has 1 unspecified atom stereocenters. The van der Waals surface area contributed by atoms with Crippen molar-refractivity contribution in [2.75, 3.05) is 7.11 Å². The molecule has 1 amide bonds. The number of carbonyl (C=O) groups is 2. The molecule has 0 aliphatic heterocycles. The molecule has 24 heavy (non-hydrogen) atoms. The van der Waals surface area contributed by atoms with E-state index >= 15 is 0 Å². The van der Waals surface area contributed by atoms with Gasteiger partial charge in [0.15, 0.2) is 0 Å². The molecule has 1 N–H and O–H groups in total. The normalized spacial score (nSPS) is 17.6. The number of rotatable bonds is 4. The number of methoxy groups -OCH3 is 1. The monoisotopic (exact) mass is 321 g/mol. The van der Waals surface area contributed by atoms with Gasteiger partial charge in [-0.15, -0.1) is 0 Å². The number of hydrogen-bond acceptors (Lipinski definition) is 5. The van der Waals surface area contributed by atoms with Crippen LogP contribution in [0.5, 0.6) is 0 Å². The Morgan fingerprint density at radius 1 is 1.25 bits per heavy atom. The van der Waals surface area contributed by atoms with Crippen LogP contribution in [0.3, 0.4) is 0 Å². The van der Waals surface area contributed by atoms with Crippen molar-refractivity contribution in [2.24, 2.45) is 5.10 Å². The Balaban J connectivity index is 1.92. The molecule has 2 aromatic rings. The van der Waals surface area contributed by atoms with Crippen LogP contribution < -0.4 is 5.43 Å². The number of ether oxygens (including phenoxy) is 1. The fraction of sp³-hybridized carbons (Fsp3) is 0.111. The average Bonchev–Trinajstić information content (AvgIpc) is 2.65. The summed E-state index contributed by atoms with van der Waals surface area (Å²) in [6.07, 6.45) is 5.51. The molecule has 0 fully saturated rings. The molecule has 1 aromatic carbocycles. The smallest absolute Gasteiger partial charge is 0.271 e. The zero-order valence-corrected chi connectivity index (χ0v) is 13.0. The van der Waals surface area contributed by atoms with E-state index in [9.17, 15) is 9.59 Å². The van der Waals surface area contributed by atoms with Crippen molar-refractivity contribution in [3.8, 4) is 0 Å². The largest absolute Gasteiger partial charge is 0.496 e. The van der Waals surface area contributed by atoms with Gasteiger partial charge in [0.05, 0.1) is 18.7 Å². The molecule has 0 saturated heterocycles. The first kappa shape index (κ1) is 15.6. The third-order valence-electron chi connectivity index (χ3n) is 3.74. The summed E-state index contributed by atoms with van der Waals surface area (Å²) in [5.41, 5.74) is 4.96. The van der Waals surface area contributed by atoms with Gasteiger partial charge in [0, 0.05) is 29.6 Å². The van der Waals surface area contributed by atoms with Gasteiger partial charge >= 0.3 is 0 Å². The molecule has 6 heteroatoms. The van der Waals surface area contributed by atoms with E-state index in [1.807, 2.05) is 24.3 Å².